The second-order valence-corrected chi connectivity index (χ2v) is 13.2. The molecular formula is C39H39ClN6O4. The Kier molecular flexibility index (Phi) is 11.0. The third-order valence-corrected chi connectivity index (χ3v) is 9.75. The number of likely N-dealkylation sites (tertiary alicyclic amines) is 1. The van der Waals surface area contributed by atoms with Crippen molar-refractivity contribution >= 4 is 41.3 Å². The number of nitrogens with zero attached hydrogens (tertiary/aromatic N) is 5. The number of carboxylic acid groups (broad SMARTS) is 1. The Bertz CT molecular complexity index is 1970. The number of hydrogen-bond donors (Lipinski definition) is 2. The minimum atomic E-state index is -0.749. The van der Waals surface area contributed by atoms with Crippen molar-refractivity contribution in [2.24, 2.45) is 5.92 Å². The van der Waals surface area contributed by atoms with Crippen LogP contribution in [0.3, 0.4) is 0 Å². The standard InChI is InChI=1S/C39H39ClN6O4/c1-25-18-28(34(40)19-30(25)24-46-13-11-29(23-46)39(48)49)7-9-36-33(20-41)32(10-12-42-36)31-4-3-5-35(26(31)2)44-38(47)37-8-6-27(21-43-37)22-45-14-16-50-17-15-45/h3-10,12,18-19,21,29H,11,13-17,22-24H2,1-2H3,(H,44,47)(H,48,49)/b9-7+/t29-/m1/s1. The summed E-state index contributed by atoms with van der Waals surface area (Å²) in [6.45, 7) is 9.80. The van der Waals surface area contributed by atoms with Crippen molar-refractivity contribution in [2.75, 3.05) is 44.7 Å². The molecule has 0 aliphatic carbocycles. The van der Waals surface area contributed by atoms with Gasteiger partial charge in [0, 0.05) is 61.4 Å². The van der Waals surface area contributed by atoms with Gasteiger partial charge >= 0.3 is 5.97 Å². The molecule has 50 heavy (non-hydrogen) atoms. The maximum atomic E-state index is 13.2. The summed E-state index contributed by atoms with van der Waals surface area (Å²) in [6.07, 6.45) is 7.70. The molecule has 10 nitrogen and oxygen atoms in total. The largest absolute Gasteiger partial charge is 0.481 e. The lowest BCUT2D eigenvalue weighted by Gasteiger charge is -2.26. The third-order valence-electron chi connectivity index (χ3n) is 9.42. The van der Waals surface area contributed by atoms with Crippen LogP contribution in [0.1, 0.15) is 56.0 Å². The fourth-order valence-corrected chi connectivity index (χ4v) is 6.75. The first-order chi connectivity index (χ1) is 24.2. The van der Waals surface area contributed by atoms with Gasteiger partial charge in [0.05, 0.1) is 30.4 Å². The molecule has 4 aromatic rings. The molecule has 2 fully saturated rings. The van der Waals surface area contributed by atoms with Crippen LogP contribution in [0.2, 0.25) is 5.02 Å². The number of pyridine rings is 2. The minimum Gasteiger partial charge on any atom is -0.481 e. The van der Waals surface area contributed by atoms with E-state index in [-0.39, 0.29) is 11.8 Å². The van der Waals surface area contributed by atoms with Gasteiger partial charge in [-0.1, -0.05) is 41.9 Å². The van der Waals surface area contributed by atoms with Crippen molar-refractivity contribution in [1.82, 2.24) is 19.8 Å². The summed E-state index contributed by atoms with van der Waals surface area (Å²) in [7, 11) is 0. The lowest BCUT2D eigenvalue weighted by Crippen LogP contribution is -2.35. The molecule has 0 saturated carbocycles. The van der Waals surface area contributed by atoms with Gasteiger partial charge in [0.25, 0.3) is 5.91 Å². The maximum absolute atomic E-state index is 13.2. The Labute approximate surface area is 297 Å². The van der Waals surface area contributed by atoms with Crippen LogP contribution >= 0.6 is 11.6 Å². The fraction of sp³-hybridized carbons (Fsp3) is 0.308. The maximum Gasteiger partial charge on any atom is 0.307 e. The number of hydrogen-bond acceptors (Lipinski definition) is 8. The number of anilines is 1. The molecule has 2 N–H and O–H groups in total. The number of amides is 1. The number of aliphatic carboxylic acids is 1. The van der Waals surface area contributed by atoms with Crippen LogP contribution in [0.25, 0.3) is 23.3 Å². The van der Waals surface area contributed by atoms with Crippen molar-refractivity contribution in [2.45, 2.75) is 33.4 Å². The summed E-state index contributed by atoms with van der Waals surface area (Å²) in [5.41, 5.74) is 8.07. The van der Waals surface area contributed by atoms with Crippen LogP contribution in [0.5, 0.6) is 0 Å². The summed E-state index contributed by atoms with van der Waals surface area (Å²) in [5, 5.41) is 23.2. The van der Waals surface area contributed by atoms with E-state index in [9.17, 15) is 20.0 Å². The molecule has 4 heterocycles. The highest BCUT2D eigenvalue weighted by atomic mass is 35.5. The van der Waals surface area contributed by atoms with Gasteiger partial charge in [-0.05, 0) is 90.5 Å². The highest BCUT2D eigenvalue weighted by molar-refractivity contribution is 6.32. The summed E-state index contributed by atoms with van der Waals surface area (Å²) < 4.78 is 5.42. The molecular weight excluding hydrogens is 652 g/mol. The monoisotopic (exact) mass is 690 g/mol. The number of morpholine rings is 1. The van der Waals surface area contributed by atoms with Gasteiger partial charge in [0.2, 0.25) is 0 Å². The average molecular weight is 691 g/mol. The smallest absolute Gasteiger partial charge is 0.307 e. The number of ether oxygens (including phenoxy) is 1. The molecule has 2 aliphatic rings. The molecule has 2 aliphatic heterocycles. The van der Waals surface area contributed by atoms with E-state index in [1.54, 1.807) is 30.6 Å². The molecule has 2 aromatic heterocycles. The lowest BCUT2D eigenvalue weighted by atomic mass is 9.94. The number of carbonyl (C=O) groups excluding carboxylic acids is 1. The highest BCUT2D eigenvalue weighted by Gasteiger charge is 2.28. The number of aromatic nitrogens is 2. The Morgan fingerprint density at radius 1 is 1.04 bits per heavy atom. The van der Waals surface area contributed by atoms with E-state index in [1.165, 1.54) is 0 Å². The summed E-state index contributed by atoms with van der Waals surface area (Å²) >= 11 is 6.71. The molecule has 0 radical (unpaired) electrons. The van der Waals surface area contributed by atoms with E-state index in [4.69, 9.17) is 16.3 Å². The molecule has 256 valence electrons. The topological polar surface area (TPSA) is 132 Å². The van der Waals surface area contributed by atoms with Gasteiger partial charge in [-0.25, -0.2) is 0 Å². The van der Waals surface area contributed by atoms with Gasteiger partial charge in [-0.3, -0.25) is 29.4 Å². The van der Waals surface area contributed by atoms with Gasteiger partial charge in [-0.2, -0.15) is 5.26 Å². The van der Waals surface area contributed by atoms with Crippen molar-refractivity contribution < 1.29 is 19.4 Å². The predicted octanol–water partition coefficient (Wildman–Crippen LogP) is 6.45. The number of rotatable bonds is 10. The number of carbonyl (C=O) groups is 2. The molecule has 11 heteroatoms. The van der Waals surface area contributed by atoms with Gasteiger partial charge in [0.15, 0.2) is 0 Å². The van der Waals surface area contributed by atoms with Crippen molar-refractivity contribution in [3.63, 3.8) is 0 Å². The Morgan fingerprint density at radius 2 is 1.86 bits per heavy atom. The zero-order valence-corrected chi connectivity index (χ0v) is 28.9. The van der Waals surface area contributed by atoms with Crippen molar-refractivity contribution in [3.8, 4) is 17.2 Å². The number of carboxylic acids is 1. The molecule has 0 bridgehead atoms. The number of nitrogens with one attached hydrogen (secondary N) is 1. The predicted molar refractivity (Wildman–Crippen MR) is 194 cm³/mol. The number of benzene rings is 2. The minimum absolute atomic E-state index is 0.315. The number of nitriles is 1. The van der Waals surface area contributed by atoms with Gasteiger partial charge in [-0.15, -0.1) is 0 Å². The number of halogens is 1. The summed E-state index contributed by atoms with van der Waals surface area (Å²) in [4.78, 5) is 37.9. The zero-order valence-electron chi connectivity index (χ0n) is 28.2. The van der Waals surface area contributed by atoms with Crippen molar-refractivity contribution in [3.05, 3.63) is 111 Å². The quantitative estimate of drug-likeness (QED) is 0.193. The van der Waals surface area contributed by atoms with E-state index in [2.05, 4.69) is 31.2 Å². The first-order valence-electron chi connectivity index (χ1n) is 16.7. The Morgan fingerprint density at radius 3 is 2.58 bits per heavy atom. The first-order valence-corrected chi connectivity index (χ1v) is 17.1. The normalized spacial score (nSPS) is 16.8. The van der Waals surface area contributed by atoms with Crippen LogP contribution in [-0.2, 0) is 22.6 Å². The SMILES string of the molecule is Cc1cc(/C=C/c2nccc(-c3cccc(NC(=O)c4ccc(CN5CCOCC5)cn4)c3C)c2C#N)c(Cl)cc1CN1CC[C@@H](C(=O)O)C1. The van der Waals surface area contributed by atoms with E-state index in [1.807, 2.05) is 56.3 Å². The Balaban J connectivity index is 1.17. The first kappa shape index (κ1) is 34.9. The molecule has 1 atom stereocenters. The van der Waals surface area contributed by atoms with E-state index in [0.29, 0.717) is 52.7 Å². The Hall–Kier alpha value is -4.92. The second-order valence-electron chi connectivity index (χ2n) is 12.8. The summed E-state index contributed by atoms with van der Waals surface area (Å²) in [5.74, 6) is -1.39. The van der Waals surface area contributed by atoms with Crippen LogP contribution in [0, 0.1) is 31.1 Å². The van der Waals surface area contributed by atoms with Gasteiger partial charge in [0.1, 0.15) is 11.8 Å². The van der Waals surface area contributed by atoms with Gasteiger partial charge < -0.3 is 15.2 Å². The molecule has 0 spiro atoms. The van der Waals surface area contributed by atoms with E-state index >= 15 is 0 Å². The average Bonchev–Trinajstić information content (AvgIpc) is 3.59. The van der Waals surface area contributed by atoms with Crippen molar-refractivity contribution in [1.29, 1.82) is 5.26 Å². The van der Waals surface area contributed by atoms with Crippen LogP contribution in [-0.4, -0.2) is 76.1 Å². The third kappa shape index (κ3) is 8.09. The zero-order chi connectivity index (χ0) is 35.2. The summed E-state index contributed by atoms with van der Waals surface area (Å²) in [6, 6.07) is 17.3. The number of aryl methyl sites for hydroxylation is 1. The fourth-order valence-electron chi connectivity index (χ4n) is 6.50. The van der Waals surface area contributed by atoms with E-state index < -0.39 is 5.97 Å². The molecule has 2 saturated heterocycles. The second kappa shape index (κ2) is 15.7. The molecule has 6 rings (SSSR count). The van der Waals surface area contributed by atoms with Crippen LogP contribution < -0.4 is 5.32 Å². The molecule has 2 aromatic carbocycles. The molecule has 1 amide bonds. The lowest BCUT2D eigenvalue weighted by molar-refractivity contribution is -0.141. The molecule has 0 unspecified atom stereocenters. The van der Waals surface area contributed by atoms with Crippen LogP contribution in [0.4, 0.5) is 5.69 Å². The van der Waals surface area contributed by atoms with Crippen LogP contribution in [0.15, 0.2) is 60.9 Å². The van der Waals surface area contributed by atoms with E-state index in [0.717, 1.165) is 72.8 Å². The highest BCUT2D eigenvalue weighted by Crippen LogP contribution is 2.33.